The molecule has 1 aromatic carbocycles. The van der Waals surface area contributed by atoms with E-state index >= 15 is 4.39 Å². The van der Waals surface area contributed by atoms with Gasteiger partial charge in [0.25, 0.3) is 6.01 Å². The van der Waals surface area contributed by atoms with Gasteiger partial charge in [-0.3, -0.25) is 0 Å². The number of fused-ring (bicyclic) bond motifs is 2. The summed E-state index contributed by atoms with van der Waals surface area (Å²) in [6, 6.07) is 6.53. The summed E-state index contributed by atoms with van der Waals surface area (Å²) in [5, 5.41) is 4.63. The topological polar surface area (TPSA) is 62.7 Å². The molecule has 0 aliphatic carbocycles. The number of piperidine rings is 1. The molecule has 0 spiro atoms. The lowest BCUT2D eigenvalue weighted by atomic mass is 9.97. The van der Waals surface area contributed by atoms with E-state index in [1.54, 1.807) is 4.52 Å². The average Bonchev–Trinajstić information content (AvgIpc) is 3.36. The lowest BCUT2D eigenvalue weighted by Gasteiger charge is -2.40. The third kappa shape index (κ3) is 3.52. The first-order valence-corrected chi connectivity index (χ1v) is 11.2. The maximum absolute atomic E-state index is 15.0. The van der Waals surface area contributed by atoms with Gasteiger partial charge >= 0.3 is 0 Å². The van der Waals surface area contributed by atoms with Crippen LogP contribution in [0.3, 0.4) is 0 Å². The van der Waals surface area contributed by atoms with Crippen LogP contribution in [0.15, 0.2) is 28.8 Å². The highest BCUT2D eigenvalue weighted by atomic mass is 19.1. The molecule has 3 aromatic heterocycles. The lowest BCUT2D eigenvalue weighted by Crippen LogP contribution is -2.48. The molecule has 0 N–H and O–H groups in total. The van der Waals surface area contributed by atoms with Crippen molar-refractivity contribution in [3.8, 4) is 11.3 Å². The predicted octanol–water partition coefficient (Wildman–Crippen LogP) is 4.60. The standard InChI is InChI=1S/C24H29FN6O/c1-6-30-8-7-18(10-16(30)4)29(5)24-27-21-12-17(11-19(25)22(21)32-24)20-9-14(2)23-26-15(3)13-31(23)28-20/h9,11-13,16,18H,6-8,10H2,1-5H3/t16-,18-/m0/s1. The number of aryl methyl sites for hydroxylation is 2. The quantitative estimate of drug-likeness (QED) is 0.466. The van der Waals surface area contributed by atoms with Crippen molar-refractivity contribution in [3.05, 3.63) is 41.5 Å². The van der Waals surface area contributed by atoms with Gasteiger partial charge < -0.3 is 14.2 Å². The van der Waals surface area contributed by atoms with E-state index in [2.05, 4.69) is 38.7 Å². The largest absolute Gasteiger partial charge is 0.420 e. The molecule has 168 valence electrons. The summed E-state index contributed by atoms with van der Waals surface area (Å²) in [7, 11) is 1.99. The maximum Gasteiger partial charge on any atom is 0.298 e. The molecule has 0 unspecified atom stereocenters. The van der Waals surface area contributed by atoms with Gasteiger partial charge in [-0.2, -0.15) is 10.1 Å². The number of hydrogen-bond acceptors (Lipinski definition) is 6. The third-order valence-corrected chi connectivity index (χ3v) is 6.70. The zero-order valence-electron chi connectivity index (χ0n) is 19.3. The van der Waals surface area contributed by atoms with E-state index in [0.29, 0.717) is 34.9 Å². The number of imidazole rings is 1. The second-order valence-electron chi connectivity index (χ2n) is 8.93. The normalized spacial score (nSPS) is 19.8. The van der Waals surface area contributed by atoms with Crippen molar-refractivity contribution >= 4 is 22.8 Å². The Bertz CT molecular complexity index is 1290. The highest BCUT2D eigenvalue weighted by Crippen LogP contribution is 2.32. The van der Waals surface area contributed by atoms with Crippen LogP contribution in [0, 0.1) is 19.7 Å². The molecule has 0 amide bonds. The molecule has 8 heteroatoms. The Labute approximate surface area is 186 Å². The van der Waals surface area contributed by atoms with Crippen molar-refractivity contribution in [3.63, 3.8) is 0 Å². The molecule has 1 fully saturated rings. The molecule has 4 heterocycles. The summed E-state index contributed by atoms with van der Waals surface area (Å²) in [5.74, 6) is -0.430. The Morgan fingerprint density at radius 3 is 2.78 bits per heavy atom. The molecule has 1 aliphatic heterocycles. The average molecular weight is 437 g/mol. The van der Waals surface area contributed by atoms with Crippen molar-refractivity contribution in [2.45, 2.75) is 52.6 Å². The summed E-state index contributed by atoms with van der Waals surface area (Å²) in [6.07, 6.45) is 3.94. The van der Waals surface area contributed by atoms with Gasteiger partial charge in [-0.15, -0.1) is 0 Å². The van der Waals surface area contributed by atoms with Gasteiger partial charge in [0.2, 0.25) is 0 Å². The molecule has 4 aromatic rings. The number of nitrogens with zero attached hydrogens (tertiary/aromatic N) is 6. The van der Waals surface area contributed by atoms with E-state index in [1.807, 2.05) is 39.2 Å². The van der Waals surface area contributed by atoms with Crippen LogP contribution in [0.4, 0.5) is 10.4 Å². The van der Waals surface area contributed by atoms with Crippen molar-refractivity contribution in [2.75, 3.05) is 25.0 Å². The maximum atomic E-state index is 15.0. The summed E-state index contributed by atoms with van der Waals surface area (Å²) >= 11 is 0. The molecular formula is C24H29FN6O. The van der Waals surface area contributed by atoms with Gasteiger partial charge in [-0.1, -0.05) is 6.92 Å². The van der Waals surface area contributed by atoms with Gasteiger partial charge in [0, 0.05) is 31.2 Å². The molecule has 0 saturated carbocycles. The summed E-state index contributed by atoms with van der Waals surface area (Å²) in [5.41, 5.74) is 4.71. The summed E-state index contributed by atoms with van der Waals surface area (Å²) in [6.45, 7) is 10.5. The zero-order valence-corrected chi connectivity index (χ0v) is 19.3. The molecule has 0 radical (unpaired) electrons. The third-order valence-electron chi connectivity index (χ3n) is 6.70. The number of hydrogen-bond donors (Lipinski definition) is 0. The van der Waals surface area contributed by atoms with Crippen molar-refractivity contribution in [1.29, 1.82) is 0 Å². The van der Waals surface area contributed by atoms with Crippen LogP contribution in [-0.4, -0.2) is 56.7 Å². The molecule has 2 atom stereocenters. The van der Waals surface area contributed by atoms with Gasteiger partial charge in [0.15, 0.2) is 17.0 Å². The molecule has 1 saturated heterocycles. The fourth-order valence-electron chi connectivity index (χ4n) is 4.84. The lowest BCUT2D eigenvalue weighted by molar-refractivity contribution is 0.152. The highest BCUT2D eigenvalue weighted by molar-refractivity contribution is 5.81. The Balaban J connectivity index is 1.48. The Kier molecular flexibility index (Phi) is 5.12. The number of aromatic nitrogens is 4. The minimum absolute atomic E-state index is 0.186. The van der Waals surface area contributed by atoms with Gasteiger partial charge in [0.05, 0.1) is 17.6 Å². The summed E-state index contributed by atoms with van der Waals surface area (Å²) in [4.78, 5) is 13.7. The van der Waals surface area contributed by atoms with Crippen LogP contribution >= 0.6 is 0 Å². The van der Waals surface area contributed by atoms with E-state index in [4.69, 9.17) is 4.42 Å². The van der Waals surface area contributed by atoms with Crippen LogP contribution in [0.1, 0.15) is 37.9 Å². The van der Waals surface area contributed by atoms with Crippen LogP contribution in [-0.2, 0) is 0 Å². The van der Waals surface area contributed by atoms with E-state index in [9.17, 15) is 0 Å². The smallest absolute Gasteiger partial charge is 0.298 e. The van der Waals surface area contributed by atoms with Crippen molar-refractivity contribution in [1.82, 2.24) is 24.5 Å². The Morgan fingerprint density at radius 1 is 1.22 bits per heavy atom. The van der Waals surface area contributed by atoms with Crippen LogP contribution in [0.25, 0.3) is 28.0 Å². The monoisotopic (exact) mass is 436 g/mol. The molecule has 5 rings (SSSR count). The zero-order chi connectivity index (χ0) is 22.6. The summed E-state index contributed by atoms with van der Waals surface area (Å²) < 4.78 is 22.6. The molecular weight excluding hydrogens is 407 g/mol. The Morgan fingerprint density at radius 2 is 2.03 bits per heavy atom. The molecule has 32 heavy (non-hydrogen) atoms. The first kappa shape index (κ1) is 20.9. The minimum Gasteiger partial charge on any atom is -0.420 e. The van der Waals surface area contributed by atoms with Crippen LogP contribution < -0.4 is 4.90 Å². The second-order valence-corrected chi connectivity index (χ2v) is 8.93. The number of anilines is 1. The van der Waals surface area contributed by atoms with E-state index in [-0.39, 0.29) is 5.58 Å². The number of likely N-dealkylation sites (tertiary alicyclic amines) is 1. The fraction of sp³-hybridized carbons (Fsp3) is 0.458. The van der Waals surface area contributed by atoms with Gasteiger partial charge in [-0.05, 0) is 63.9 Å². The highest BCUT2D eigenvalue weighted by Gasteiger charge is 2.29. The van der Waals surface area contributed by atoms with Crippen molar-refractivity contribution < 1.29 is 8.81 Å². The fourth-order valence-corrected chi connectivity index (χ4v) is 4.84. The van der Waals surface area contributed by atoms with E-state index < -0.39 is 5.82 Å². The van der Waals surface area contributed by atoms with E-state index in [1.165, 1.54) is 6.07 Å². The second kappa shape index (κ2) is 7.85. The number of oxazole rings is 1. The first-order valence-electron chi connectivity index (χ1n) is 11.2. The van der Waals surface area contributed by atoms with Gasteiger partial charge in [0.1, 0.15) is 5.52 Å². The van der Waals surface area contributed by atoms with Crippen LogP contribution in [0.5, 0.6) is 0 Å². The number of benzene rings is 1. The predicted molar refractivity (Wildman–Crippen MR) is 124 cm³/mol. The number of halogens is 1. The SMILES string of the molecule is CCN1CC[C@H](N(C)c2nc3cc(-c4cc(C)c5nc(C)cn5n4)cc(F)c3o2)C[C@@H]1C. The first-order chi connectivity index (χ1) is 15.3. The number of rotatable bonds is 4. The van der Waals surface area contributed by atoms with Crippen LogP contribution in [0.2, 0.25) is 0 Å². The Hall–Kier alpha value is -3.00. The van der Waals surface area contributed by atoms with E-state index in [0.717, 1.165) is 42.8 Å². The van der Waals surface area contributed by atoms with Gasteiger partial charge in [-0.25, -0.2) is 13.9 Å². The minimum atomic E-state index is -0.430. The van der Waals surface area contributed by atoms with Crippen molar-refractivity contribution in [2.24, 2.45) is 0 Å². The molecule has 7 nitrogen and oxygen atoms in total. The molecule has 1 aliphatic rings. The molecule has 0 bridgehead atoms.